The Kier molecular flexibility index (Phi) is 6.91. The number of alkyl halides is 3. The molecule has 0 saturated heterocycles. The quantitative estimate of drug-likeness (QED) is 0.407. The average molecular weight is 295 g/mol. The molecule has 1 atom stereocenters. The third-order valence-corrected chi connectivity index (χ3v) is 12.9. The topological polar surface area (TPSA) is 3.24 Å². The van der Waals surface area contributed by atoms with Crippen molar-refractivity contribution >= 4 is 39.2 Å². The lowest BCUT2D eigenvalue weighted by Gasteiger charge is -2.33. The molecule has 0 aliphatic heterocycles. The van der Waals surface area contributed by atoms with E-state index in [1.54, 1.807) is 12.3 Å². The number of halogens is 3. The van der Waals surface area contributed by atoms with Crippen LogP contribution in [-0.4, -0.2) is 29.5 Å². The summed E-state index contributed by atoms with van der Waals surface area (Å²) in [7, 11) is 0. The van der Waals surface area contributed by atoms with Crippen molar-refractivity contribution in [1.82, 2.24) is 4.67 Å². The minimum atomic E-state index is -4.35. The van der Waals surface area contributed by atoms with Crippen molar-refractivity contribution in [2.24, 2.45) is 0 Å². The molecule has 0 amide bonds. The summed E-state index contributed by atoms with van der Waals surface area (Å²) in [6.07, 6.45) is -1.14. The van der Waals surface area contributed by atoms with Gasteiger partial charge in [0.05, 0.1) is 0 Å². The number of hydrogen-bond donors (Lipinski definition) is 0. The van der Waals surface area contributed by atoms with E-state index in [1.165, 1.54) is 6.92 Å². The first-order valence-corrected chi connectivity index (χ1v) is 10.3. The van der Waals surface area contributed by atoms with E-state index in [4.69, 9.17) is 11.8 Å². The lowest BCUT2D eigenvalue weighted by atomic mass is 10.7. The number of nitrogens with zero attached hydrogens (tertiary/aromatic N) is 1. The molecule has 15 heavy (non-hydrogen) atoms. The van der Waals surface area contributed by atoms with E-state index < -0.39 is 10.9 Å². The van der Waals surface area contributed by atoms with E-state index in [0.29, 0.717) is 10.4 Å². The van der Waals surface area contributed by atoms with E-state index in [0.717, 1.165) is 22.8 Å². The van der Waals surface area contributed by atoms with Crippen LogP contribution in [0.25, 0.3) is 0 Å². The van der Waals surface area contributed by atoms with Crippen LogP contribution in [0, 0.1) is 0 Å². The maximum Gasteiger partial charge on any atom is 0.465 e. The van der Waals surface area contributed by atoms with Crippen molar-refractivity contribution in [3.05, 3.63) is 12.7 Å². The summed E-state index contributed by atoms with van der Waals surface area (Å²) in [5.74, 6) is 0.449. The van der Waals surface area contributed by atoms with Gasteiger partial charge in [-0.25, -0.2) is 0 Å². The maximum atomic E-state index is 12.7. The third kappa shape index (κ3) is 4.69. The van der Waals surface area contributed by atoms with Crippen LogP contribution in [0.1, 0.15) is 6.92 Å². The van der Waals surface area contributed by atoms with Gasteiger partial charge < -0.3 is 0 Å². The fourth-order valence-electron chi connectivity index (χ4n) is 0.859. The third-order valence-electron chi connectivity index (χ3n) is 1.47. The summed E-state index contributed by atoms with van der Waals surface area (Å²) in [5, 5.41) is 0. The zero-order valence-corrected chi connectivity index (χ0v) is 11.8. The average Bonchev–Trinajstić information content (AvgIpc) is 2.13. The van der Waals surface area contributed by atoms with E-state index in [9.17, 15) is 13.2 Å². The van der Waals surface area contributed by atoms with E-state index in [2.05, 4.69) is 6.58 Å². The molecule has 0 spiro atoms. The van der Waals surface area contributed by atoms with Gasteiger partial charge in [0.25, 0.3) is 0 Å². The summed E-state index contributed by atoms with van der Waals surface area (Å²) in [6.45, 7) is 4.85. The van der Waals surface area contributed by atoms with Gasteiger partial charge in [0.2, 0.25) is 0 Å². The van der Waals surface area contributed by atoms with Crippen molar-refractivity contribution < 1.29 is 13.2 Å². The largest absolute Gasteiger partial charge is 0.465 e. The monoisotopic (exact) mass is 295 g/mol. The lowest BCUT2D eigenvalue weighted by molar-refractivity contribution is -0.206. The molecule has 0 aromatic rings. The molecule has 0 heterocycles. The van der Waals surface area contributed by atoms with Gasteiger partial charge in [-0.15, -0.1) is 18.0 Å². The maximum absolute atomic E-state index is 12.7. The molecule has 1 unspecified atom stereocenters. The highest BCUT2D eigenvalue weighted by Crippen LogP contribution is 2.72. The van der Waals surface area contributed by atoms with Gasteiger partial charge in [0.1, 0.15) is 4.59 Å². The Morgan fingerprint density at radius 1 is 1.53 bits per heavy atom. The van der Waals surface area contributed by atoms with Crippen LogP contribution in [-0.2, 0) is 11.8 Å². The second-order valence-corrected chi connectivity index (χ2v) is 13.5. The van der Waals surface area contributed by atoms with Crippen molar-refractivity contribution in [2.45, 2.75) is 13.2 Å². The van der Waals surface area contributed by atoms with E-state index >= 15 is 0 Å². The Hall–Kier alpha value is 0.840. The summed E-state index contributed by atoms with van der Waals surface area (Å²) in [6, 6.07) is 0. The first-order chi connectivity index (χ1) is 6.81. The van der Waals surface area contributed by atoms with Crippen LogP contribution in [0.15, 0.2) is 12.7 Å². The zero-order chi connectivity index (χ0) is 12.1. The first-order valence-electron chi connectivity index (χ1n) is 4.08. The van der Waals surface area contributed by atoms with Crippen LogP contribution >= 0.6 is 27.4 Å². The number of hydrogen-bond acceptors (Lipinski definition) is 3. The normalized spacial score (nSPS) is 16.4. The molecule has 0 bridgehead atoms. The molecule has 1 nitrogen and oxygen atoms in total. The molecule has 8 heteroatoms. The molecule has 0 fully saturated rings. The summed E-state index contributed by atoms with van der Waals surface area (Å²) < 4.78 is 35.8. The van der Waals surface area contributed by atoms with Gasteiger partial charge in [-0.2, -0.15) is 17.8 Å². The lowest BCUT2D eigenvalue weighted by Crippen LogP contribution is -2.33. The molecule has 0 aromatic heterocycles. The highest BCUT2D eigenvalue weighted by molar-refractivity contribution is 8.99. The van der Waals surface area contributed by atoms with E-state index in [-0.39, 0.29) is 6.54 Å². The smallest absolute Gasteiger partial charge is 0.168 e. The summed E-state index contributed by atoms with van der Waals surface area (Å²) >= 11 is 7.41. The predicted octanol–water partition coefficient (Wildman–Crippen LogP) is 4.33. The molecular formula is C7H13F3NPS3. The predicted molar refractivity (Wildman–Crippen MR) is 68.9 cm³/mol. The van der Waals surface area contributed by atoms with Gasteiger partial charge >= 0.3 is 6.30 Å². The Balaban J connectivity index is 4.89. The number of rotatable bonds is 6. The molecule has 0 aromatic carbocycles. The molecule has 0 N–H and O–H groups in total. The van der Waals surface area contributed by atoms with Crippen LogP contribution in [0.3, 0.4) is 0 Å². The van der Waals surface area contributed by atoms with Crippen molar-refractivity contribution in [3.63, 3.8) is 0 Å². The molecule has 0 aliphatic rings. The zero-order valence-electron chi connectivity index (χ0n) is 8.45. The van der Waals surface area contributed by atoms with Crippen molar-refractivity contribution in [3.8, 4) is 0 Å². The van der Waals surface area contributed by atoms with Gasteiger partial charge in [0.15, 0.2) is 0 Å². The standard InChI is InChI=1S/C7H13F3NPS3/c1-4-6-15-12(13,14-3)11(5-2)7(8,9)10/h4H,1,5-6H2,2-3H3. The van der Waals surface area contributed by atoms with E-state index in [1.807, 2.05) is 0 Å². The van der Waals surface area contributed by atoms with Crippen LogP contribution in [0.2, 0.25) is 0 Å². The molecule has 0 saturated carbocycles. The fourth-order valence-corrected chi connectivity index (χ4v) is 8.34. The molecule has 0 rings (SSSR count). The second-order valence-electron chi connectivity index (χ2n) is 2.42. The Morgan fingerprint density at radius 2 is 2.07 bits per heavy atom. The first kappa shape index (κ1) is 15.8. The van der Waals surface area contributed by atoms with Gasteiger partial charge in [-0.3, -0.25) is 0 Å². The molecule has 0 aliphatic carbocycles. The van der Waals surface area contributed by atoms with Gasteiger partial charge in [0, 0.05) is 12.3 Å². The Bertz CT molecular complexity index is 256. The van der Waals surface area contributed by atoms with Crippen molar-refractivity contribution in [2.75, 3.05) is 18.6 Å². The fraction of sp³-hybridized carbons (Fsp3) is 0.714. The van der Waals surface area contributed by atoms with Crippen molar-refractivity contribution in [1.29, 1.82) is 0 Å². The van der Waals surface area contributed by atoms with Crippen LogP contribution < -0.4 is 0 Å². The minimum absolute atomic E-state index is 0.105. The second kappa shape index (κ2) is 6.55. The SMILES string of the molecule is C=CCSP(=S)(SC)N(CC)C(F)(F)F. The Morgan fingerprint density at radius 3 is 2.33 bits per heavy atom. The highest BCUT2D eigenvalue weighted by atomic mass is 33.2. The molecule has 90 valence electrons. The highest BCUT2D eigenvalue weighted by Gasteiger charge is 2.44. The molecular weight excluding hydrogens is 282 g/mol. The van der Waals surface area contributed by atoms with Crippen LogP contribution in [0.5, 0.6) is 0 Å². The minimum Gasteiger partial charge on any atom is -0.168 e. The molecule has 0 radical (unpaired) electrons. The van der Waals surface area contributed by atoms with Crippen LogP contribution in [0.4, 0.5) is 13.2 Å². The Labute approximate surface area is 101 Å². The summed E-state index contributed by atoms with van der Waals surface area (Å²) in [4.78, 5) is 0. The summed E-state index contributed by atoms with van der Waals surface area (Å²) in [5.41, 5.74) is 0. The van der Waals surface area contributed by atoms with Gasteiger partial charge in [-0.1, -0.05) is 36.2 Å². The van der Waals surface area contributed by atoms with Gasteiger partial charge in [-0.05, 0) is 6.26 Å².